The number of halogens is 1. The summed E-state index contributed by atoms with van der Waals surface area (Å²) in [7, 11) is 1.90. The van der Waals surface area contributed by atoms with E-state index < -0.39 is 0 Å². The second-order valence-electron chi connectivity index (χ2n) is 4.83. The molecule has 0 saturated heterocycles. The highest BCUT2D eigenvalue weighted by atomic mass is 79.9. The highest BCUT2D eigenvalue weighted by Gasteiger charge is 2.19. The Labute approximate surface area is 116 Å². The zero-order valence-corrected chi connectivity index (χ0v) is 12.4. The van der Waals surface area contributed by atoms with Gasteiger partial charge in [-0.1, -0.05) is 33.3 Å². The smallest absolute Gasteiger partial charge is 0.0738 e. The Balaban J connectivity index is 2.07. The summed E-state index contributed by atoms with van der Waals surface area (Å²) in [5, 5.41) is 11.3. The molecule has 0 atom stereocenters. The number of aromatic nitrogens is 3. The fourth-order valence-electron chi connectivity index (χ4n) is 1.75. The highest BCUT2D eigenvalue weighted by Crippen LogP contribution is 2.22. The normalized spacial score (nSPS) is 11.8. The van der Waals surface area contributed by atoms with Crippen LogP contribution in [0.1, 0.15) is 25.1 Å². The molecule has 2 rings (SSSR count). The van der Waals surface area contributed by atoms with Gasteiger partial charge >= 0.3 is 0 Å². The quantitative estimate of drug-likeness (QED) is 0.944. The van der Waals surface area contributed by atoms with Gasteiger partial charge in [0.2, 0.25) is 0 Å². The van der Waals surface area contributed by atoms with E-state index in [2.05, 4.69) is 69.7 Å². The molecule has 0 aliphatic rings. The summed E-state index contributed by atoms with van der Waals surface area (Å²) in [6.07, 6.45) is 1.78. The van der Waals surface area contributed by atoms with Gasteiger partial charge in [0.1, 0.15) is 0 Å². The Kier molecular flexibility index (Phi) is 3.82. The number of hydrogen-bond donors (Lipinski definition) is 1. The van der Waals surface area contributed by atoms with Gasteiger partial charge in [0, 0.05) is 23.6 Å². The van der Waals surface area contributed by atoms with Gasteiger partial charge in [0.15, 0.2) is 0 Å². The third-order valence-electron chi connectivity index (χ3n) is 3.09. The van der Waals surface area contributed by atoms with Crippen LogP contribution >= 0.6 is 15.9 Å². The Morgan fingerprint density at radius 1 is 1.28 bits per heavy atom. The van der Waals surface area contributed by atoms with E-state index in [1.54, 1.807) is 10.9 Å². The Hall–Kier alpha value is -1.20. The van der Waals surface area contributed by atoms with Crippen LogP contribution in [0.5, 0.6) is 0 Å². The van der Waals surface area contributed by atoms with E-state index in [0.717, 1.165) is 16.7 Å². The third kappa shape index (κ3) is 2.97. The van der Waals surface area contributed by atoms with E-state index in [9.17, 15) is 0 Å². The van der Waals surface area contributed by atoms with Crippen molar-refractivity contribution in [2.24, 2.45) is 7.05 Å². The third-order valence-corrected chi connectivity index (χ3v) is 3.61. The molecule has 2 aromatic rings. The summed E-state index contributed by atoms with van der Waals surface area (Å²) < 4.78 is 2.88. The lowest BCUT2D eigenvalue weighted by Gasteiger charge is -2.27. The second-order valence-corrected chi connectivity index (χ2v) is 5.75. The zero-order chi connectivity index (χ0) is 13.2. The Morgan fingerprint density at radius 3 is 2.50 bits per heavy atom. The molecule has 1 N–H and O–H groups in total. The number of nitrogens with one attached hydrogen (secondary N) is 1. The van der Waals surface area contributed by atoms with Crippen LogP contribution < -0.4 is 5.32 Å². The zero-order valence-electron chi connectivity index (χ0n) is 10.8. The monoisotopic (exact) mass is 308 g/mol. The maximum absolute atomic E-state index is 3.92. The lowest BCUT2D eigenvalue weighted by molar-refractivity contribution is 0.393. The summed E-state index contributed by atoms with van der Waals surface area (Å²) in [5.74, 6) is 0. The molecule has 96 valence electrons. The molecule has 18 heavy (non-hydrogen) atoms. The van der Waals surface area contributed by atoms with Crippen LogP contribution in [-0.4, -0.2) is 15.0 Å². The number of rotatable bonds is 4. The van der Waals surface area contributed by atoms with Crippen molar-refractivity contribution < 1.29 is 0 Å². The first-order chi connectivity index (χ1) is 8.49. The van der Waals surface area contributed by atoms with E-state index in [1.165, 1.54) is 5.56 Å². The predicted octanol–water partition coefficient (Wildman–Crippen LogP) is 2.60. The molecule has 0 aliphatic heterocycles. The molecular weight excluding hydrogens is 292 g/mol. The molecular formula is C13H17BrN4. The summed E-state index contributed by atoms with van der Waals surface area (Å²) >= 11 is 3.45. The number of benzene rings is 1. The molecule has 0 amide bonds. The summed E-state index contributed by atoms with van der Waals surface area (Å²) in [4.78, 5) is 0. The van der Waals surface area contributed by atoms with Crippen molar-refractivity contribution in [1.29, 1.82) is 0 Å². The number of hydrogen-bond acceptors (Lipinski definition) is 3. The SMILES string of the molecule is Cn1nncc1CNC(C)(C)c1ccc(Br)cc1. The van der Waals surface area contributed by atoms with Crippen molar-refractivity contribution in [3.8, 4) is 0 Å². The van der Waals surface area contributed by atoms with Gasteiger partial charge in [-0.3, -0.25) is 4.68 Å². The summed E-state index contributed by atoms with van der Waals surface area (Å²) in [6, 6.07) is 8.37. The van der Waals surface area contributed by atoms with Crippen LogP contribution in [-0.2, 0) is 19.1 Å². The van der Waals surface area contributed by atoms with Crippen LogP contribution in [0.15, 0.2) is 34.9 Å². The Bertz CT molecular complexity index is 516. The van der Waals surface area contributed by atoms with E-state index in [1.807, 2.05) is 7.05 Å². The van der Waals surface area contributed by atoms with Gasteiger partial charge in [0.25, 0.3) is 0 Å². The summed E-state index contributed by atoms with van der Waals surface area (Å²) in [5.41, 5.74) is 2.23. The van der Waals surface area contributed by atoms with Crippen LogP contribution in [0.3, 0.4) is 0 Å². The summed E-state index contributed by atoms with van der Waals surface area (Å²) in [6.45, 7) is 5.08. The van der Waals surface area contributed by atoms with E-state index in [0.29, 0.717) is 0 Å². The first-order valence-electron chi connectivity index (χ1n) is 5.84. The molecule has 1 aromatic carbocycles. The van der Waals surface area contributed by atoms with Crippen LogP contribution in [0.4, 0.5) is 0 Å². The molecule has 0 unspecified atom stereocenters. The van der Waals surface area contributed by atoms with E-state index in [4.69, 9.17) is 0 Å². The first kappa shape index (κ1) is 13.2. The van der Waals surface area contributed by atoms with Crippen molar-refractivity contribution in [2.45, 2.75) is 25.9 Å². The minimum atomic E-state index is -0.0923. The molecule has 0 radical (unpaired) electrons. The number of aryl methyl sites for hydroxylation is 1. The Morgan fingerprint density at radius 2 is 1.94 bits per heavy atom. The predicted molar refractivity (Wildman–Crippen MR) is 75.0 cm³/mol. The molecule has 5 heteroatoms. The molecule has 0 spiro atoms. The molecule has 0 fully saturated rings. The van der Waals surface area contributed by atoms with Gasteiger partial charge in [-0.2, -0.15) is 0 Å². The minimum absolute atomic E-state index is 0.0923. The van der Waals surface area contributed by atoms with Gasteiger partial charge in [-0.05, 0) is 31.5 Å². The molecule has 0 bridgehead atoms. The van der Waals surface area contributed by atoms with Gasteiger partial charge < -0.3 is 5.32 Å². The van der Waals surface area contributed by atoms with Crippen molar-refractivity contribution in [3.05, 3.63) is 46.2 Å². The van der Waals surface area contributed by atoms with Gasteiger partial charge in [-0.25, -0.2) is 0 Å². The van der Waals surface area contributed by atoms with Crippen molar-refractivity contribution in [1.82, 2.24) is 20.3 Å². The minimum Gasteiger partial charge on any atom is -0.302 e. The average Bonchev–Trinajstić information content (AvgIpc) is 2.73. The molecule has 0 saturated carbocycles. The average molecular weight is 309 g/mol. The molecule has 4 nitrogen and oxygen atoms in total. The van der Waals surface area contributed by atoms with Crippen LogP contribution in [0, 0.1) is 0 Å². The fourth-order valence-corrected chi connectivity index (χ4v) is 2.02. The number of nitrogens with zero attached hydrogens (tertiary/aromatic N) is 3. The van der Waals surface area contributed by atoms with Crippen LogP contribution in [0.25, 0.3) is 0 Å². The van der Waals surface area contributed by atoms with Gasteiger partial charge in [-0.15, -0.1) is 5.10 Å². The fraction of sp³-hybridized carbons (Fsp3) is 0.385. The second kappa shape index (κ2) is 5.20. The van der Waals surface area contributed by atoms with Crippen molar-refractivity contribution >= 4 is 15.9 Å². The maximum Gasteiger partial charge on any atom is 0.0738 e. The maximum atomic E-state index is 3.92. The van der Waals surface area contributed by atoms with Crippen molar-refractivity contribution in [2.75, 3.05) is 0 Å². The van der Waals surface area contributed by atoms with Gasteiger partial charge in [0.05, 0.1) is 11.9 Å². The molecule has 1 aromatic heterocycles. The lowest BCUT2D eigenvalue weighted by atomic mass is 9.94. The lowest BCUT2D eigenvalue weighted by Crippen LogP contribution is -2.36. The molecule has 0 aliphatic carbocycles. The standard InChI is InChI=1S/C13H17BrN4/c1-13(2,10-4-6-11(14)7-5-10)15-8-12-9-16-17-18(12)3/h4-7,9,15H,8H2,1-3H3. The first-order valence-corrected chi connectivity index (χ1v) is 6.63. The highest BCUT2D eigenvalue weighted by molar-refractivity contribution is 9.10. The largest absolute Gasteiger partial charge is 0.302 e. The van der Waals surface area contributed by atoms with E-state index >= 15 is 0 Å². The van der Waals surface area contributed by atoms with E-state index in [-0.39, 0.29) is 5.54 Å². The van der Waals surface area contributed by atoms with Crippen LogP contribution in [0.2, 0.25) is 0 Å². The van der Waals surface area contributed by atoms with Crippen molar-refractivity contribution in [3.63, 3.8) is 0 Å². The molecule has 1 heterocycles. The topological polar surface area (TPSA) is 42.7 Å².